The van der Waals surface area contributed by atoms with Gasteiger partial charge >= 0.3 is 0 Å². The molecule has 4 nitrogen and oxygen atoms in total. The number of rotatable bonds is 7. The SMILES string of the molecule is CCCN(CCC)C(=O)c1cc(NC2CC2)ccn1. The molecule has 0 aromatic carbocycles. The number of nitrogens with one attached hydrogen (secondary N) is 1. The molecule has 1 aromatic rings. The molecular weight excluding hydrogens is 238 g/mol. The van der Waals surface area contributed by atoms with Crippen molar-refractivity contribution in [3.05, 3.63) is 24.0 Å². The van der Waals surface area contributed by atoms with Crippen LogP contribution in [0.2, 0.25) is 0 Å². The monoisotopic (exact) mass is 261 g/mol. The Hall–Kier alpha value is -1.58. The largest absolute Gasteiger partial charge is 0.382 e. The second-order valence-corrected chi connectivity index (χ2v) is 5.14. The maximum absolute atomic E-state index is 12.4. The molecule has 0 atom stereocenters. The zero-order chi connectivity index (χ0) is 13.7. The molecule has 4 heteroatoms. The van der Waals surface area contributed by atoms with Gasteiger partial charge in [-0.2, -0.15) is 0 Å². The summed E-state index contributed by atoms with van der Waals surface area (Å²) in [5.41, 5.74) is 1.56. The number of hydrogen-bond donors (Lipinski definition) is 1. The van der Waals surface area contributed by atoms with Crippen molar-refractivity contribution in [2.75, 3.05) is 18.4 Å². The fourth-order valence-corrected chi connectivity index (χ4v) is 2.12. The summed E-state index contributed by atoms with van der Waals surface area (Å²) >= 11 is 0. The molecule has 1 amide bonds. The summed E-state index contributed by atoms with van der Waals surface area (Å²) in [6.45, 7) is 5.78. The lowest BCUT2D eigenvalue weighted by atomic mass is 10.2. The Labute approximate surface area is 115 Å². The number of anilines is 1. The number of nitrogens with zero attached hydrogens (tertiary/aromatic N) is 2. The number of aromatic nitrogens is 1. The van der Waals surface area contributed by atoms with Crippen LogP contribution in [0.1, 0.15) is 50.0 Å². The Bertz CT molecular complexity index is 423. The lowest BCUT2D eigenvalue weighted by Gasteiger charge is -2.21. The average Bonchev–Trinajstić information content (AvgIpc) is 3.22. The van der Waals surface area contributed by atoms with E-state index in [9.17, 15) is 4.79 Å². The van der Waals surface area contributed by atoms with Gasteiger partial charge in [0, 0.05) is 31.0 Å². The van der Waals surface area contributed by atoms with E-state index in [0.717, 1.165) is 31.6 Å². The summed E-state index contributed by atoms with van der Waals surface area (Å²) in [5.74, 6) is 0.0446. The third kappa shape index (κ3) is 3.94. The van der Waals surface area contributed by atoms with Crippen LogP contribution >= 0.6 is 0 Å². The van der Waals surface area contributed by atoms with Crippen molar-refractivity contribution in [1.29, 1.82) is 0 Å². The highest BCUT2D eigenvalue weighted by Crippen LogP contribution is 2.24. The second-order valence-electron chi connectivity index (χ2n) is 5.14. The van der Waals surface area contributed by atoms with Gasteiger partial charge in [0.15, 0.2) is 0 Å². The van der Waals surface area contributed by atoms with E-state index in [2.05, 4.69) is 24.1 Å². The zero-order valence-electron chi connectivity index (χ0n) is 11.9. The maximum atomic E-state index is 12.4. The number of carbonyl (C=O) groups excluding carboxylic acids is 1. The van der Waals surface area contributed by atoms with Gasteiger partial charge < -0.3 is 10.2 Å². The van der Waals surface area contributed by atoms with Gasteiger partial charge in [0.1, 0.15) is 5.69 Å². The number of amides is 1. The lowest BCUT2D eigenvalue weighted by molar-refractivity contribution is 0.0749. The molecule has 0 aliphatic heterocycles. The average molecular weight is 261 g/mol. The molecule has 1 saturated carbocycles. The zero-order valence-corrected chi connectivity index (χ0v) is 11.9. The molecule has 1 aliphatic carbocycles. The predicted molar refractivity (Wildman–Crippen MR) is 77.4 cm³/mol. The lowest BCUT2D eigenvalue weighted by Crippen LogP contribution is -2.33. The van der Waals surface area contributed by atoms with E-state index in [1.807, 2.05) is 17.0 Å². The number of hydrogen-bond acceptors (Lipinski definition) is 3. The van der Waals surface area contributed by atoms with Crippen molar-refractivity contribution in [3.63, 3.8) is 0 Å². The molecule has 0 unspecified atom stereocenters. The fourth-order valence-electron chi connectivity index (χ4n) is 2.12. The van der Waals surface area contributed by atoms with Crippen molar-refractivity contribution in [1.82, 2.24) is 9.88 Å². The molecule has 0 radical (unpaired) electrons. The summed E-state index contributed by atoms with van der Waals surface area (Å²) in [5, 5.41) is 3.40. The van der Waals surface area contributed by atoms with Gasteiger partial charge in [-0.05, 0) is 37.8 Å². The van der Waals surface area contributed by atoms with Crippen LogP contribution in [0.3, 0.4) is 0 Å². The van der Waals surface area contributed by atoms with Crippen molar-refractivity contribution in [3.8, 4) is 0 Å². The summed E-state index contributed by atoms with van der Waals surface area (Å²) in [6, 6.07) is 4.39. The molecule has 1 aromatic heterocycles. The number of pyridine rings is 1. The van der Waals surface area contributed by atoms with Crippen LogP contribution in [0.15, 0.2) is 18.3 Å². The van der Waals surface area contributed by atoms with Crippen LogP contribution in [0.5, 0.6) is 0 Å². The second kappa shape index (κ2) is 6.55. The highest BCUT2D eigenvalue weighted by atomic mass is 16.2. The van der Waals surface area contributed by atoms with Crippen LogP contribution in [0.4, 0.5) is 5.69 Å². The molecule has 0 saturated heterocycles. The first-order chi connectivity index (χ1) is 9.24. The summed E-state index contributed by atoms with van der Waals surface area (Å²) in [4.78, 5) is 18.5. The van der Waals surface area contributed by atoms with E-state index >= 15 is 0 Å². The Morgan fingerprint density at radius 1 is 1.37 bits per heavy atom. The summed E-state index contributed by atoms with van der Waals surface area (Å²) in [7, 11) is 0. The van der Waals surface area contributed by atoms with Gasteiger partial charge in [0.2, 0.25) is 0 Å². The molecule has 1 heterocycles. The van der Waals surface area contributed by atoms with E-state index in [-0.39, 0.29) is 5.91 Å². The molecule has 19 heavy (non-hydrogen) atoms. The molecule has 2 rings (SSSR count). The Kier molecular flexibility index (Phi) is 4.77. The van der Waals surface area contributed by atoms with E-state index in [1.54, 1.807) is 6.20 Å². The van der Waals surface area contributed by atoms with Crippen LogP contribution in [0, 0.1) is 0 Å². The van der Waals surface area contributed by atoms with Crippen LogP contribution in [-0.4, -0.2) is 34.9 Å². The molecule has 104 valence electrons. The fraction of sp³-hybridized carbons (Fsp3) is 0.600. The topological polar surface area (TPSA) is 45.2 Å². The maximum Gasteiger partial charge on any atom is 0.272 e. The third-order valence-electron chi connectivity index (χ3n) is 3.20. The molecule has 0 bridgehead atoms. The predicted octanol–water partition coefficient (Wildman–Crippen LogP) is 2.92. The van der Waals surface area contributed by atoms with Crippen molar-refractivity contribution < 1.29 is 4.79 Å². The van der Waals surface area contributed by atoms with E-state index in [1.165, 1.54) is 12.8 Å². The van der Waals surface area contributed by atoms with Crippen LogP contribution in [-0.2, 0) is 0 Å². The Balaban J connectivity index is 2.07. The van der Waals surface area contributed by atoms with Gasteiger partial charge in [-0.25, -0.2) is 0 Å². The van der Waals surface area contributed by atoms with Crippen LogP contribution < -0.4 is 5.32 Å². The minimum Gasteiger partial charge on any atom is -0.382 e. The highest BCUT2D eigenvalue weighted by molar-refractivity contribution is 5.93. The molecule has 1 N–H and O–H groups in total. The molecule has 0 spiro atoms. The minimum absolute atomic E-state index is 0.0446. The first kappa shape index (κ1) is 13.8. The van der Waals surface area contributed by atoms with Gasteiger partial charge in [-0.15, -0.1) is 0 Å². The van der Waals surface area contributed by atoms with Crippen molar-refractivity contribution in [2.45, 2.75) is 45.6 Å². The summed E-state index contributed by atoms with van der Waals surface area (Å²) in [6.07, 6.45) is 6.12. The summed E-state index contributed by atoms with van der Waals surface area (Å²) < 4.78 is 0. The standard InChI is InChI=1S/C15H23N3O/c1-3-9-18(10-4-2)15(19)14-11-13(7-8-16-14)17-12-5-6-12/h7-8,11-12H,3-6,9-10H2,1-2H3,(H,16,17). The highest BCUT2D eigenvalue weighted by Gasteiger charge is 2.22. The van der Waals surface area contributed by atoms with Crippen molar-refractivity contribution >= 4 is 11.6 Å². The van der Waals surface area contributed by atoms with Gasteiger partial charge in [-0.3, -0.25) is 9.78 Å². The van der Waals surface area contributed by atoms with E-state index in [0.29, 0.717) is 11.7 Å². The van der Waals surface area contributed by atoms with Crippen LogP contribution in [0.25, 0.3) is 0 Å². The van der Waals surface area contributed by atoms with Gasteiger partial charge in [0.25, 0.3) is 5.91 Å². The minimum atomic E-state index is 0.0446. The molecule has 1 aliphatic rings. The number of carbonyl (C=O) groups is 1. The Morgan fingerprint density at radius 3 is 2.63 bits per heavy atom. The quantitative estimate of drug-likeness (QED) is 0.821. The van der Waals surface area contributed by atoms with Gasteiger partial charge in [-0.1, -0.05) is 13.8 Å². The molecule has 1 fully saturated rings. The first-order valence-corrected chi connectivity index (χ1v) is 7.26. The normalized spacial score (nSPS) is 14.2. The van der Waals surface area contributed by atoms with E-state index < -0.39 is 0 Å². The first-order valence-electron chi connectivity index (χ1n) is 7.26. The van der Waals surface area contributed by atoms with E-state index in [4.69, 9.17) is 0 Å². The molecular formula is C15H23N3O. The smallest absolute Gasteiger partial charge is 0.272 e. The Morgan fingerprint density at radius 2 is 2.05 bits per heavy atom. The third-order valence-corrected chi connectivity index (χ3v) is 3.20. The van der Waals surface area contributed by atoms with Gasteiger partial charge in [0.05, 0.1) is 0 Å². The van der Waals surface area contributed by atoms with Crippen molar-refractivity contribution in [2.24, 2.45) is 0 Å².